The minimum absolute atomic E-state index is 0.00941. The number of nitrogens with zero attached hydrogens (tertiary/aromatic N) is 6. The maximum absolute atomic E-state index is 12.8. The SMILES string of the molecule is O=C(Cn1cnc2ccccc21)NC1CCc2nn(Cc3cccnc3)c(=O)n2CC1. The number of hydrogen-bond donors (Lipinski definition) is 1. The molecule has 4 aromatic rings. The Kier molecular flexibility index (Phi) is 5.07. The van der Waals surface area contributed by atoms with E-state index in [-0.39, 0.29) is 24.2 Å². The zero-order chi connectivity index (χ0) is 21.2. The van der Waals surface area contributed by atoms with Gasteiger partial charge in [0.05, 0.1) is 23.9 Å². The maximum Gasteiger partial charge on any atom is 0.346 e. The van der Waals surface area contributed by atoms with E-state index in [0.29, 0.717) is 25.9 Å². The van der Waals surface area contributed by atoms with Gasteiger partial charge in [0.15, 0.2) is 0 Å². The number of fused-ring (bicyclic) bond motifs is 2. The van der Waals surface area contributed by atoms with Crippen LogP contribution in [0.3, 0.4) is 0 Å². The molecular weight excluding hydrogens is 394 g/mol. The molecule has 1 N–H and O–H groups in total. The van der Waals surface area contributed by atoms with E-state index in [2.05, 4.69) is 20.4 Å². The van der Waals surface area contributed by atoms with Crippen molar-refractivity contribution in [2.75, 3.05) is 0 Å². The number of carbonyl (C=O) groups excluding carboxylic acids is 1. The molecule has 0 radical (unpaired) electrons. The van der Waals surface area contributed by atoms with Crippen molar-refractivity contribution < 1.29 is 4.79 Å². The molecule has 1 aromatic carbocycles. The Balaban J connectivity index is 1.22. The fraction of sp³-hybridized carbons (Fsp3) is 0.318. The van der Waals surface area contributed by atoms with Crippen LogP contribution in [0.15, 0.2) is 59.9 Å². The number of hydrogen-bond acceptors (Lipinski definition) is 5. The molecule has 1 amide bonds. The second-order valence-electron chi connectivity index (χ2n) is 7.82. The summed E-state index contributed by atoms with van der Waals surface area (Å²) >= 11 is 0. The van der Waals surface area contributed by atoms with Crippen LogP contribution in [0.4, 0.5) is 0 Å². The zero-order valence-corrected chi connectivity index (χ0v) is 17.0. The first-order valence-corrected chi connectivity index (χ1v) is 10.4. The number of aromatic nitrogens is 6. The Morgan fingerprint density at radius 2 is 2.06 bits per heavy atom. The molecule has 0 fully saturated rings. The topological polar surface area (TPSA) is 99.6 Å². The molecule has 158 valence electrons. The molecule has 0 bridgehead atoms. The molecule has 1 aliphatic heterocycles. The Labute approximate surface area is 178 Å². The van der Waals surface area contributed by atoms with E-state index in [1.807, 2.05) is 41.0 Å². The number of para-hydroxylation sites is 2. The largest absolute Gasteiger partial charge is 0.352 e. The summed E-state index contributed by atoms with van der Waals surface area (Å²) in [5.41, 5.74) is 2.64. The predicted octanol–water partition coefficient (Wildman–Crippen LogP) is 1.36. The van der Waals surface area contributed by atoms with Gasteiger partial charge in [-0.25, -0.2) is 14.5 Å². The normalized spacial score (nSPS) is 16.1. The van der Waals surface area contributed by atoms with Gasteiger partial charge in [0, 0.05) is 31.4 Å². The molecule has 1 unspecified atom stereocenters. The molecule has 5 rings (SSSR count). The summed E-state index contributed by atoms with van der Waals surface area (Å²) in [6.45, 7) is 1.17. The highest BCUT2D eigenvalue weighted by Gasteiger charge is 2.22. The van der Waals surface area contributed by atoms with Crippen LogP contribution in [0, 0.1) is 0 Å². The molecule has 0 saturated carbocycles. The van der Waals surface area contributed by atoms with E-state index in [1.54, 1.807) is 23.3 Å². The van der Waals surface area contributed by atoms with Crippen molar-refractivity contribution in [1.82, 2.24) is 34.2 Å². The van der Waals surface area contributed by atoms with Crippen molar-refractivity contribution >= 4 is 16.9 Å². The maximum atomic E-state index is 12.8. The molecule has 9 heteroatoms. The summed E-state index contributed by atoms with van der Waals surface area (Å²) in [5, 5.41) is 7.64. The van der Waals surface area contributed by atoms with Gasteiger partial charge in [0.25, 0.3) is 0 Å². The monoisotopic (exact) mass is 417 g/mol. The summed E-state index contributed by atoms with van der Waals surface area (Å²) < 4.78 is 5.07. The van der Waals surface area contributed by atoms with Crippen molar-refractivity contribution in [3.05, 3.63) is 77.0 Å². The molecule has 3 aromatic heterocycles. The Bertz CT molecular complexity index is 1270. The number of benzene rings is 1. The summed E-state index contributed by atoms with van der Waals surface area (Å²) in [6.07, 6.45) is 7.23. The Morgan fingerprint density at radius 3 is 2.94 bits per heavy atom. The van der Waals surface area contributed by atoms with Crippen molar-refractivity contribution in [3.8, 4) is 0 Å². The third-order valence-electron chi connectivity index (χ3n) is 5.68. The van der Waals surface area contributed by atoms with Gasteiger partial charge in [0.1, 0.15) is 12.4 Å². The van der Waals surface area contributed by atoms with Gasteiger partial charge in [-0.1, -0.05) is 18.2 Å². The van der Waals surface area contributed by atoms with Crippen LogP contribution in [-0.2, 0) is 30.8 Å². The van der Waals surface area contributed by atoms with Crippen LogP contribution in [0.25, 0.3) is 11.0 Å². The lowest BCUT2D eigenvalue weighted by Gasteiger charge is -2.16. The van der Waals surface area contributed by atoms with Gasteiger partial charge >= 0.3 is 5.69 Å². The molecule has 31 heavy (non-hydrogen) atoms. The van der Waals surface area contributed by atoms with Crippen molar-refractivity contribution in [1.29, 1.82) is 0 Å². The van der Waals surface area contributed by atoms with E-state index < -0.39 is 0 Å². The lowest BCUT2D eigenvalue weighted by atomic mass is 10.1. The van der Waals surface area contributed by atoms with Gasteiger partial charge < -0.3 is 9.88 Å². The first kappa shape index (κ1) is 19.2. The number of nitrogens with one attached hydrogen (secondary N) is 1. The summed E-state index contributed by atoms with van der Waals surface area (Å²) in [6, 6.07) is 11.5. The predicted molar refractivity (Wildman–Crippen MR) is 114 cm³/mol. The van der Waals surface area contributed by atoms with Gasteiger partial charge in [-0.15, -0.1) is 0 Å². The molecule has 0 aliphatic carbocycles. The van der Waals surface area contributed by atoms with Gasteiger partial charge in [0.2, 0.25) is 5.91 Å². The highest BCUT2D eigenvalue weighted by molar-refractivity contribution is 5.80. The highest BCUT2D eigenvalue weighted by Crippen LogP contribution is 2.14. The van der Waals surface area contributed by atoms with Crippen molar-refractivity contribution in [2.45, 2.75) is 44.9 Å². The van der Waals surface area contributed by atoms with Gasteiger partial charge in [-0.05, 0) is 36.6 Å². The highest BCUT2D eigenvalue weighted by atomic mass is 16.2. The van der Waals surface area contributed by atoms with Crippen LogP contribution in [-0.4, -0.2) is 40.8 Å². The molecular formula is C22H23N7O2. The van der Waals surface area contributed by atoms with Crippen molar-refractivity contribution in [2.24, 2.45) is 0 Å². The molecule has 0 spiro atoms. The molecule has 1 atom stereocenters. The number of carbonyl (C=O) groups is 1. The quantitative estimate of drug-likeness (QED) is 0.529. The Morgan fingerprint density at radius 1 is 1.16 bits per heavy atom. The number of amides is 1. The van der Waals surface area contributed by atoms with Gasteiger partial charge in [-0.2, -0.15) is 5.10 Å². The van der Waals surface area contributed by atoms with Crippen LogP contribution in [0.5, 0.6) is 0 Å². The first-order chi connectivity index (χ1) is 15.2. The molecule has 4 heterocycles. The van der Waals surface area contributed by atoms with Crippen LogP contribution in [0.1, 0.15) is 24.2 Å². The minimum Gasteiger partial charge on any atom is -0.352 e. The average molecular weight is 417 g/mol. The second-order valence-corrected chi connectivity index (χ2v) is 7.82. The lowest BCUT2D eigenvalue weighted by Crippen LogP contribution is -2.37. The van der Waals surface area contributed by atoms with Crippen LogP contribution < -0.4 is 11.0 Å². The third kappa shape index (κ3) is 3.98. The van der Waals surface area contributed by atoms with E-state index in [1.165, 1.54) is 4.68 Å². The number of pyridine rings is 1. The average Bonchev–Trinajstić information content (AvgIpc) is 3.24. The van der Waals surface area contributed by atoms with E-state index in [0.717, 1.165) is 28.8 Å². The van der Waals surface area contributed by atoms with E-state index in [9.17, 15) is 9.59 Å². The Hall–Kier alpha value is -3.75. The fourth-order valence-corrected chi connectivity index (χ4v) is 4.10. The molecule has 0 saturated heterocycles. The van der Waals surface area contributed by atoms with Gasteiger partial charge in [-0.3, -0.25) is 14.3 Å². The summed E-state index contributed by atoms with van der Waals surface area (Å²) in [5.74, 6) is 0.716. The smallest absolute Gasteiger partial charge is 0.346 e. The molecule has 1 aliphatic rings. The summed E-state index contributed by atoms with van der Waals surface area (Å²) in [4.78, 5) is 33.8. The second kappa shape index (κ2) is 8.17. The standard InChI is InChI=1S/C22H23N7O2/c30-21(14-27-15-24-18-5-1-2-6-19(18)27)25-17-7-8-20-26-29(22(31)28(20)11-9-17)13-16-4-3-10-23-12-16/h1-6,10,12,15,17H,7-9,11,13-14H2,(H,25,30). The van der Waals surface area contributed by atoms with E-state index >= 15 is 0 Å². The number of imidazole rings is 1. The van der Waals surface area contributed by atoms with Crippen LogP contribution in [0.2, 0.25) is 0 Å². The number of rotatable bonds is 5. The lowest BCUT2D eigenvalue weighted by molar-refractivity contribution is -0.122. The van der Waals surface area contributed by atoms with Crippen molar-refractivity contribution in [3.63, 3.8) is 0 Å². The third-order valence-corrected chi connectivity index (χ3v) is 5.68. The minimum atomic E-state index is -0.115. The van der Waals surface area contributed by atoms with E-state index in [4.69, 9.17) is 0 Å². The fourth-order valence-electron chi connectivity index (χ4n) is 4.10. The first-order valence-electron chi connectivity index (χ1n) is 10.4. The number of aryl methyl sites for hydroxylation is 1. The zero-order valence-electron chi connectivity index (χ0n) is 17.0. The van der Waals surface area contributed by atoms with Crippen LogP contribution >= 0.6 is 0 Å². The summed E-state index contributed by atoms with van der Waals surface area (Å²) in [7, 11) is 0. The molecule has 9 nitrogen and oxygen atoms in total.